The topological polar surface area (TPSA) is 61.8 Å². The minimum atomic E-state index is -0.164. The molecule has 0 spiro atoms. The number of aliphatic hydroxyl groups is 1. The molecule has 116 valence electrons. The molecule has 2 N–H and O–H groups in total. The summed E-state index contributed by atoms with van der Waals surface area (Å²) in [5.74, 6) is 0.679. The highest BCUT2D eigenvalue weighted by atomic mass is 35.5. The third kappa shape index (κ3) is 4.51. The van der Waals surface area contributed by atoms with Gasteiger partial charge in [0.15, 0.2) is 0 Å². The molecular weight excluding hydrogens is 292 g/mol. The number of ether oxygens (including phenoxy) is 1. The van der Waals surface area contributed by atoms with E-state index in [1.807, 2.05) is 19.1 Å². The van der Waals surface area contributed by atoms with Crippen LogP contribution in [0.5, 0.6) is 5.75 Å². The van der Waals surface area contributed by atoms with Crippen molar-refractivity contribution >= 4 is 17.6 Å². The summed E-state index contributed by atoms with van der Waals surface area (Å²) in [7, 11) is 0. The fourth-order valence-electron chi connectivity index (χ4n) is 2.44. The SMILES string of the molecule is C[C@H](CNC(=O)N1CCC[C@@H]1CO)Oc1cccc(Cl)c1. The Morgan fingerprint density at radius 2 is 2.43 bits per heavy atom. The number of amides is 2. The van der Waals surface area contributed by atoms with Crippen molar-refractivity contribution in [2.45, 2.75) is 31.9 Å². The van der Waals surface area contributed by atoms with Gasteiger partial charge in [-0.15, -0.1) is 0 Å². The minimum absolute atomic E-state index is 0.0159. The number of urea groups is 1. The van der Waals surface area contributed by atoms with Gasteiger partial charge in [0.1, 0.15) is 11.9 Å². The lowest BCUT2D eigenvalue weighted by Gasteiger charge is -2.24. The lowest BCUT2D eigenvalue weighted by atomic mass is 10.2. The van der Waals surface area contributed by atoms with Gasteiger partial charge < -0.3 is 20.1 Å². The maximum atomic E-state index is 12.1. The number of benzene rings is 1. The second-order valence-electron chi connectivity index (χ2n) is 5.24. The highest BCUT2D eigenvalue weighted by Gasteiger charge is 2.27. The van der Waals surface area contributed by atoms with Gasteiger partial charge in [0, 0.05) is 11.6 Å². The van der Waals surface area contributed by atoms with Gasteiger partial charge in [0.05, 0.1) is 19.2 Å². The molecule has 2 atom stereocenters. The largest absolute Gasteiger partial charge is 0.489 e. The Kier molecular flexibility index (Phi) is 5.70. The molecule has 0 aliphatic carbocycles. The number of carbonyl (C=O) groups excluding carboxylic acids is 1. The van der Waals surface area contributed by atoms with Crippen LogP contribution >= 0.6 is 11.6 Å². The first kappa shape index (κ1) is 15.9. The maximum Gasteiger partial charge on any atom is 0.317 e. The van der Waals surface area contributed by atoms with Crippen LogP contribution in [0.3, 0.4) is 0 Å². The van der Waals surface area contributed by atoms with Crippen molar-refractivity contribution in [2.24, 2.45) is 0 Å². The summed E-state index contributed by atoms with van der Waals surface area (Å²) in [6.45, 7) is 3.00. The van der Waals surface area contributed by atoms with Gasteiger partial charge in [-0.2, -0.15) is 0 Å². The summed E-state index contributed by atoms with van der Waals surface area (Å²) < 4.78 is 5.69. The van der Waals surface area contributed by atoms with Gasteiger partial charge in [-0.1, -0.05) is 17.7 Å². The van der Waals surface area contributed by atoms with Crippen LogP contribution in [-0.4, -0.2) is 47.9 Å². The smallest absolute Gasteiger partial charge is 0.317 e. The van der Waals surface area contributed by atoms with Crippen molar-refractivity contribution in [3.8, 4) is 5.75 Å². The van der Waals surface area contributed by atoms with Crippen LogP contribution in [-0.2, 0) is 0 Å². The Balaban J connectivity index is 1.78. The normalized spacial score (nSPS) is 19.4. The van der Waals surface area contributed by atoms with Crippen molar-refractivity contribution in [1.82, 2.24) is 10.2 Å². The average Bonchev–Trinajstić information content (AvgIpc) is 2.93. The van der Waals surface area contributed by atoms with Crippen molar-refractivity contribution in [1.29, 1.82) is 0 Å². The van der Waals surface area contributed by atoms with Crippen LogP contribution in [0, 0.1) is 0 Å². The van der Waals surface area contributed by atoms with Gasteiger partial charge in [0.25, 0.3) is 0 Å². The van der Waals surface area contributed by atoms with Crippen molar-refractivity contribution in [3.05, 3.63) is 29.3 Å². The molecule has 5 nitrogen and oxygen atoms in total. The Hall–Kier alpha value is -1.46. The van der Waals surface area contributed by atoms with E-state index in [0.717, 1.165) is 12.8 Å². The van der Waals surface area contributed by atoms with E-state index in [2.05, 4.69) is 5.32 Å². The molecule has 1 aliphatic rings. The van der Waals surface area contributed by atoms with Gasteiger partial charge in [-0.05, 0) is 38.0 Å². The minimum Gasteiger partial charge on any atom is -0.489 e. The maximum absolute atomic E-state index is 12.1. The first-order chi connectivity index (χ1) is 10.1. The molecule has 1 saturated heterocycles. The van der Waals surface area contributed by atoms with Gasteiger partial charge in [0.2, 0.25) is 0 Å². The Morgan fingerprint density at radius 1 is 1.62 bits per heavy atom. The monoisotopic (exact) mass is 312 g/mol. The molecule has 0 aromatic heterocycles. The number of carbonyl (C=O) groups is 1. The van der Waals surface area contributed by atoms with Gasteiger partial charge in [-0.3, -0.25) is 0 Å². The zero-order valence-corrected chi connectivity index (χ0v) is 12.8. The van der Waals surface area contributed by atoms with E-state index in [-0.39, 0.29) is 24.8 Å². The molecule has 1 heterocycles. The molecular formula is C15H21ClN2O3. The van der Waals surface area contributed by atoms with Crippen molar-refractivity contribution in [3.63, 3.8) is 0 Å². The number of aliphatic hydroxyl groups excluding tert-OH is 1. The van der Waals surface area contributed by atoms with Crippen LogP contribution in [0.25, 0.3) is 0 Å². The lowest BCUT2D eigenvalue weighted by Crippen LogP contribution is -2.46. The summed E-state index contributed by atoms with van der Waals surface area (Å²) in [6, 6.07) is 6.96. The molecule has 2 amide bonds. The Bertz CT molecular complexity index is 484. The molecule has 0 bridgehead atoms. The molecule has 0 unspecified atom stereocenters. The third-order valence-corrected chi connectivity index (χ3v) is 3.76. The predicted octanol–water partition coefficient (Wildman–Crippen LogP) is 2.27. The fourth-order valence-corrected chi connectivity index (χ4v) is 2.62. The predicted molar refractivity (Wildman–Crippen MR) is 81.8 cm³/mol. The van der Waals surface area contributed by atoms with Crippen LogP contribution in [0.15, 0.2) is 24.3 Å². The molecule has 1 aromatic carbocycles. The van der Waals surface area contributed by atoms with Crippen molar-refractivity contribution < 1.29 is 14.6 Å². The Morgan fingerprint density at radius 3 is 3.14 bits per heavy atom. The number of nitrogens with one attached hydrogen (secondary N) is 1. The van der Waals surface area contributed by atoms with E-state index in [9.17, 15) is 9.90 Å². The van der Waals surface area contributed by atoms with Crippen LogP contribution in [0.2, 0.25) is 5.02 Å². The van der Waals surface area contributed by atoms with E-state index in [1.54, 1.807) is 17.0 Å². The van der Waals surface area contributed by atoms with E-state index in [4.69, 9.17) is 16.3 Å². The van der Waals surface area contributed by atoms with Crippen LogP contribution in [0.4, 0.5) is 4.79 Å². The van der Waals surface area contributed by atoms with Crippen LogP contribution in [0.1, 0.15) is 19.8 Å². The van der Waals surface area contributed by atoms with Gasteiger partial charge in [-0.25, -0.2) is 4.79 Å². The van der Waals surface area contributed by atoms with Crippen LogP contribution < -0.4 is 10.1 Å². The van der Waals surface area contributed by atoms with E-state index in [0.29, 0.717) is 23.9 Å². The first-order valence-electron chi connectivity index (χ1n) is 7.17. The summed E-state index contributed by atoms with van der Waals surface area (Å²) in [5.41, 5.74) is 0. The second-order valence-corrected chi connectivity index (χ2v) is 5.68. The quantitative estimate of drug-likeness (QED) is 0.877. The summed E-state index contributed by atoms with van der Waals surface area (Å²) >= 11 is 5.89. The second kappa shape index (κ2) is 7.52. The van der Waals surface area contributed by atoms with E-state index < -0.39 is 0 Å². The third-order valence-electron chi connectivity index (χ3n) is 3.52. The zero-order valence-electron chi connectivity index (χ0n) is 12.1. The molecule has 1 aliphatic heterocycles. The van der Waals surface area contributed by atoms with Crippen molar-refractivity contribution in [2.75, 3.05) is 19.7 Å². The molecule has 1 fully saturated rings. The molecule has 0 saturated carbocycles. The molecule has 6 heteroatoms. The summed E-state index contributed by atoms with van der Waals surface area (Å²) in [4.78, 5) is 13.7. The standard InChI is InChI=1S/C15H21ClN2O3/c1-11(21-14-6-2-4-12(16)8-14)9-17-15(20)18-7-3-5-13(18)10-19/h2,4,6,8,11,13,19H,3,5,7,9-10H2,1H3,(H,17,20)/t11-,13-/m1/s1. The summed E-state index contributed by atoms with van der Waals surface area (Å²) in [5, 5.41) is 12.7. The van der Waals surface area contributed by atoms with E-state index >= 15 is 0 Å². The zero-order chi connectivity index (χ0) is 15.2. The molecule has 2 rings (SSSR count). The average molecular weight is 313 g/mol. The number of nitrogens with zero attached hydrogens (tertiary/aromatic N) is 1. The molecule has 0 radical (unpaired) electrons. The molecule has 1 aromatic rings. The lowest BCUT2D eigenvalue weighted by molar-refractivity contribution is 0.151. The molecule has 21 heavy (non-hydrogen) atoms. The number of likely N-dealkylation sites (tertiary alicyclic amines) is 1. The first-order valence-corrected chi connectivity index (χ1v) is 7.55. The Labute approximate surface area is 129 Å². The van der Waals surface area contributed by atoms with E-state index in [1.165, 1.54) is 0 Å². The highest BCUT2D eigenvalue weighted by molar-refractivity contribution is 6.30. The highest BCUT2D eigenvalue weighted by Crippen LogP contribution is 2.18. The van der Waals surface area contributed by atoms with Gasteiger partial charge >= 0.3 is 6.03 Å². The summed E-state index contributed by atoms with van der Waals surface area (Å²) in [6.07, 6.45) is 1.63. The number of hydrogen-bond acceptors (Lipinski definition) is 3. The number of rotatable bonds is 5. The number of halogens is 1. The fraction of sp³-hybridized carbons (Fsp3) is 0.533. The number of hydrogen-bond donors (Lipinski definition) is 2.